The Morgan fingerprint density at radius 1 is 1.16 bits per heavy atom. The Morgan fingerprint density at radius 2 is 1.95 bits per heavy atom. The molecule has 0 saturated carbocycles. The van der Waals surface area contributed by atoms with E-state index < -0.39 is 0 Å². The summed E-state index contributed by atoms with van der Waals surface area (Å²) in [5, 5.41) is 2.76. The first kappa shape index (κ1) is 12.1. The van der Waals surface area contributed by atoms with E-state index in [0.29, 0.717) is 17.5 Å². The Morgan fingerprint density at radius 3 is 2.74 bits per heavy atom. The lowest BCUT2D eigenvalue weighted by atomic mass is 10.0. The molecule has 19 heavy (non-hydrogen) atoms. The molecule has 1 N–H and O–H groups in total. The quantitative estimate of drug-likeness (QED) is 0.865. The van der Waals surface area contributed by atoms with Crippen molar-refractivity contribution in [3.05, 3.63) is 63.6 Å². The number of hydrogen-bond donors (Lipinski definition) is 1. The highest BCUT2D eigenvalue weighted by Gasteiger charge is 2.20. The highest BCUT2D eigenvalue weighted by atomic mass is 79.9. The van der Waals surface area contributed by atoms with E-state index in [-0.39, 0.29) is 11.7 Å². The molecule has 0 spiro atoms. The molecule has 0 unspecified atom stereocenters. The minimum Gasteiger partial charge on any atom is -0.326 e. The molecule has 0 atom stereocenters. The largest absolute Gasteiger partial charge is 0.326 e. The standard InChI is InChI=1S/C15H10BrNO2/c16-12-4-2-1-3-11(12)15(19)9-5-6-13-10(7-9)8-14(18)17-13/h1-7H,8H2,(H,17,18). The fourth-order valence-corrected chi connectivity index (χ4v) is 2.64. The molecular formula is C15H10BrNO2. The number of carbonyl (C=O) groups is 2. The molecule has 0 aromatic heterocycles. The Hall–Kier alpha value is -1.94. The lowest BCUT2D eigenvalue weighted by Crippen LogP contribution is -2.03. The van der Waals surface area contributed by atoms with E-state index in [1.807, 2.05) is 18.2 Å². The second kappa shape index (κ2) is 4.63. The van der Waals surface area contributed by atoms with Gasteiger partial charge in [0, 0.05) is 21.3 Å². The molecule has 1 amide bonds. The number of rotatable bonds is 2. The summed E-state index contributed by atoms with van der Waals surface area (Å²) in [4.78, 5) is 23.7. The summed E-state index contributed by atoms with van der Waals surface area (Å²) >= 11 is 3.38. The van der Waals surface area contributed by atoms with E-state index in [4.69, 9.17) is 0 Å². The van der Waals surface area contributed by atoms with Crippen molar-refractivity contribution >= 4 is 33.3 Å². The number of amides is 1. The molecule has 2 aromatic carbocycles. The van der Waals surface area contributed by atoms with Gasteiger partial charge in [0.2, 0.25) is 5.91 Å². The van der Waals surface area contributed by atoms with Gasteiger partial charge < -0.3 is 5.32 Å². The van der Waals surface area contributed by atoms with Crippen molar-refractivity contribution < 1.29 is 9.59 Å². The first-order valence-corrected chi connectivity index (χ1v) is 6.66. The zero-order chi connectivity index (χ0) is 13.4. The van der Waals surface area contributed by atoms with Crippen molar-refractivity contribution in [3.63, 3.8) is 0 Å². The van der Waals surface area contributed by atoms with Crippen LogP contribution in [0.15, 0.2) is 46.9 Å². The summed E-state index contributed by atoms with van der Waals surface area (Å²) in [6.45, 7) is 0. The maximum Gasteiger partial charge on any atom is 0.228 e. The van der Waals surface area contributed by atoms with E-state index in [9.17, 15) is 9.59 Å². The molecule has 4 heteroatoms. The van der Waals surface area contributed by atoms with Gasteiger partial charge in [0.15, 0.2) is 5.78 Å². The third-order valence-corrected chi connectivity index (χ3v) is 3.80. The Labute approximate surface area is 118 Å². The van der Waals surface area contributed by atoms with Crippen LogP contribution < -0.4 is 5.32 Å². The van der Waals surface area contributed by atoms with Crippen molar-refractivity contribution in [1.29, 1.82) is 0 Å². The van der Waals surface area contributed by atoms with Crippen LogP contribution >= 0.6 is 15.9 Å². The molecule has 3 rings (SSSR count). The van der Waals surface area contributed by atoms with Gasteiger partial charge in [-0.1, -0.05) is 28.1 Å². The van der Waals surface area contributed by atoms with Crippen molar-refractivity contribution in [2.45, 2.75) is 6.42 Å². The fourth-order valence-electron chi connectivity index (χ4n) is 2.17. The first-order valence-electron chi connectivity index (χ1n) is 5.87. The van der Waals surface area contributed by atoms with Crippen LogP contribution in [0.5, 0.6) is 0 Å². The summed E-state index contributed by atoms with van der Waals surface area (Å²) in [5.74, 6) is -0.0740. The van der Waals surface area contributed by atoms with Crippen LogP contribution in [0.25, 0.3) is 0 Å². The van der Waals surface area contributed by atoms with Crippen LogP contribution in [0, 0.1) is 0 Å². The zero-order valence-electron chi connectivity index (χ0n) is 9.94. The molecule has 0 bridgehead atoms. The topological polar surface area (TPSA) is 46.2 Å². The average molecular weight is 316 g/mol. The van der Waals surface area contributed by atoms with Gasteiger partial charge in [-0.25, -0.2) is 0 Å². The lowest BCUT2D eigenvalue weighted by molar-refractivity contribution is -0.115. The molecule has 94 valence electrons. The number of hydrogen-bond acceptors (Lipinski definition) is 2. The van der Waals surface area contributed by atoms with Crippen molar-refractivity contribution in [2.75, 3.05) is 5.32 Å². The molecule has 1 heterocycles. The third kappa shape index (κ3) is 2.19. The number of ketones is 1. The summed E-state index contributed by atoms with van der Waals surface area (Å²) in [7, 11) is 0. The first-order chi connectivity index (χ1) is 9.15. The molecule has 0 fully saturated rings. The second-order valence-corrected chi connectivity index (χ2v) is 5.26. The Bertz CT molecular complexity index is 694. The highest BCUT2D eigenvalue weighted by molar-refractivity contribution is 9.10. The van der Waals surface area contributed by atoms with E-state index in [2.05, 4.69) is 21.2 Å². The summed E-state index contributed by atoms with van der Waals surface area (Å²) in [6, 6.07) is 12.6. The maximum absolute atomic E-state index is 12.4. The smallest absolute Gasteiger partial charge is 0.228 e. The monoisotopic (exact) mass is 315 g/mol. The van der Waals surface area contributed by atoms with Crippen LogP contribution in [0.4, 0.5) is 5.69 Å². The third-order valence-electron chi connectivity index (χ3n) is 3.11. The molecule has 0 saturated heterocycles. The molecule has 0 radical (unpaired) electrons. The molecular weight excluding hydrogens is 306 g/mol. The van der Waals surface area contributed by atoms with Crippen molar-refractivity contribution in [1.82, 2.24) is 0 Å². The Balaban J connectivity index is 2.00. The van der Waals surface area contributed by atoms with Gasteiger partial charge in [0.25, 0.3) is 0 Å². The molecule has 3 nitrogen and oxygen atoms in total. The number of benzene rings is 2. The van der Waals surface area contributed by atoms with Crippen LogP contribution in [-0.2, 0) is 11.2 Å². The molecule has 1 aliphatic rings. The van der Waals surface area contributed by atoms with Crippen LogP contribution in [-0.4, -0.2) is 11.7 Å². The molecule has 2 aromatic rings. The number of fused-ring (bicyclic) bond motifs is 1. The van der Waals surface area contributed by atoms with Crippen molar-refractivity contribution in [2.24, 2.45) is 0 Å². The van der Waals surface area contributed by atoms with Crippen molar-refractivity contribution in [3.8, 4) is 0 Å². The van der Waals surface area contributed by atoms with Gasteiger partial charge in [-0.15, -0.1) is 0 Å². The second-order valence-electron chi connectivity index (χ2n) is 4.41. The number of anilines is 1. The fraction of sp³-hybridized carbons (Fsp3) is 0.0667. The molecule has 0 aliphatic carbocycles. The van der Waals surface area contributed by atoms with Crippen LogP contribution in [0.3, 0.4) is 0 Å². The van der Waals surface area contributed by atoms with E-state index >= 15 is 0 Å². The summed E-state index contributed by atoms with van der Waals surface area (Å²) in [6.07, 6.45) is 0.340. The predicted molar refractivity (Wildman–Crippen MR) is 76.4 cm³/mol. The van der Waals surface area contributed by atoms with Gasteiger partial charge in [-0.2, -0.15) is 0 Å². The van der Waals surface area contributed by atoms with Gasteiger partial charge in [-0.05, 0) is 35.9 Å². The van der Waals surface area contributed by atoms with E-state index in [1.165, 1.54) is 0 Å². The average Bonchev–Trinajstić information content (AvgIpc) is 2.77. The van der Waals surface area contributed by atoms with Gasteiger partial charge in [0.1, 0.15) is 0 Å². The number of carbonyl (C=O) groups excluding carboxylic acids is 2. The molecule has 1 aliphatic heterocycles. The number of nitrogens with one attached hydrogen (secondary N) is 1. The minimum absolute atomic E-state index is 0.0273. The SMILES string of the molecule is O=C1Cc2cc(C(=O)c3ccccc3Br)ccc2N1. The predicted octanol–water partition coefficient (Wildman–Crippen LogP) is 3.17. The normalized spacial score (nSPS) is 13.0. The van der Waals surface area contributed by atoms with Gasteiger partial charge in [-0.3, -0.25) is 9.59 Å². The number of halogens is 1. The van der Waals surface area contributed by atoms with Gasteiger partial charge >= 0.3 is 0 Å². The zero-order valence-corrected chi connectivity index (χ0v) is 11.5. The van der Waals surface area contributed by atoms with Crippen LogP contribution in [0.2, 0.25) is 0 Å². The van der Waals surface area contributed by atoms with E-state index in [1.54, 1.807) is 24.3 Å². The van der Waals surface area contributed by atoms with E-state index in [0.717, 1.165) is 15.7 Å². The van der Waals surface area contributed by atoms with Crippen LogP contribution in [0.1, 0.15) is 21.5 Å². The Kier molecular flexibility index (Phi) is 2.95. The lowest BCUT2D eigenvalue weighted by Gasteiger charge is -2.05. The maximum atomic E-state index is 12.4. The highest BCUT2D eigenvalue weighted by Crippen LogP contribution is 2.26. The minimum atomic E-state index is -0.0466. The summed E-state index contributed by atoms with van der Waals surface area (Å²) in [5.41, 5.74) is 2.90. The summed E-state index contributed by atoms with van der Waals surface area (Å²) < 4.78 is 0.773. The van der Waals surface area contributed by atoms with Gasteiger partial charge in [0.05, 0.1) is 6.42 Å².